The van der Waals surface area contributed by atoms with E-state index in [1.54, 1.807) is 12.1 Å². The Labute approximate surface area is 182 Å². The van der Waals surface area contributed by atoms with E-state index in [1.807, 2.05) is 43.3 Å². The number of methoxy groups -OCH3 is 2. The molecule has 31 heavy (non-hydrogen) atoms. The second kappa shape index (κ2) is 9.99. The molecular formula is C23H24N2O5S. The second-order valence-corrected chi connectivity index (χ2v) is 8.35. The summed E-state index contributed by atoms with van der Waals surface area (Å²) in [7, 11) is -0.968. The normalized spacial score (nSPS) is 11.3. The SMILES string of the molecule is COc1ccc(S(=O)(=O)N/N=C\c2ccccc2OCc2cccc(C)c2)cc1OC. The molecule has 1 N–H and O–H groups in total. The predicted molar refractivity (Wildman–Crippen MR) is 119 cm³/mol. The number of nitrogens with zero attached hydrogens (tertiary/aromatic N) is 1. The van der Waals surface area contributed by atoms with Crippen LogP contribution >= 0.6 is 0 Å². The van der Waals surface area contributed by atoms with E-state index in [1.165, 1.54) is 38.6 Å². The molecule has 7 nitrogen and oxygen atoms in total. The van der Waals surface area contributed by atoms with Gasteiger partial charge in [-0.3, -0.25) is 0 Å². The first kappa shape index (κ1) is 22.2. The summed E-state index contributed by atoms with van der Waals surface area (Å²) in [6, 6.07) is 19.6. The van der Waals surface area contributed by atoms with Gasteiger partial charge in [-0.2, -0.15) is 13.5 Å². The van der Waals surface area contributed by atoms with Crippen LogP contribution in [0, 0.1) is 6.92 Å². The maximum Gasteiger partial charge on any atom is 0.276 e. The van der Waals surface area contributed by atoms with Gasteiger partial charge in [0.2, 0.25) is 0 Å². The third kappa shape index (κ3) is 5.76. The second-order valence-electron chi connectivity index (χ2n) is 6.69. The zero-order valence-corrected chi connectivity index (χ0v) is 18.3. The van der Waals surface area contributed by atoms with Crippen molar-refractivity contribution in [3.8, 4) is 17.2 Å². The van der Waals surface area contributed by atoms with E-state index in [9.17, 15) is 8.42 Å². The van der Waals surface area contributed by atoms with Crippen LogP contribution in [-0.2, 0) is 16.6 Å². The molecular weight excluding hydrogens is 416 g/mol. The van der Waals surface area contributed by atoms with Crippen LogP contribution in [0.15, 0.2) is 76.7 Å². The van der Waals surface area contributed by atoms with Crippen molar-refractivity contribution in [2.24, 2.45) is 5.10 Å². The van der Waals surface area contributed by atoms with Crippen molar-refractivity contribution in [2.75, 3.05) is 14.2 Å². The number of nitrogens with one attached hydrogen (secondary N) is 1. The fourth-order valence-corrected chi connectivity index (χ4v) is 3.69. The van der Waals surface area contributed by atoms with Crippen LogP contribution in [0.2, 0.25) is 0 Å². The standard InChI is InChI=1S/C23H24N2O5S/c1-17-7-6-8-18(13-17)16-30-21-10-5-4-9-19(21)15-24-25-31(26,27)20-11-12-22(28-2)23(14-20)29-3/h4-15,25H,16H2,1-3H3/b24-15-. The molecule has 0 heterocycles. The number of hydrazone groups is 1. The molecule has 0 saturated carbocycles. The lowest BCUT2D eigenvalue weighted by molar-refractivity contribution is 0.305. The quantitative estimate of drug-likeness (QED) is 0.403. The van der Waals surface area contributed by atoms with E-state index in [-0.39, 0.29) is 4.90 Å². The number of hydrogen-bond donors (Lipinski definition) is 1. The smallest absolute Gasteiger partial charge is 0.276 e. The van der Waals surface area contributed by atoms with Gasteiger partial charge < -0.3 is 14.2 Å². The third-order valence-electron chi connectivity index (χ3n) is 4.44. The Hall–Kier alpha value is -3.52. The maximum atomic E-state index is 12.6. The molecule has 0 unspecified atom stereocenters. The van der Waals surface area contributed by atoms with E-state index < -0.39 is 10.0 Å². The first-order chi connectivity index (χ1) is 14.9. The molecule has 162 valence electrons. The van der Waals surface area contributed by atoms with Crippen LogP contribution in [0.4, 0.5) is 0 Å². The molecule has 0 bridgehead atoms. The average molecular weight is 441 g/mol. The third-order valence-corrected chi connectivity index (χ3v) is 5.66. The van der Waals surface area contributed by atoms with Crippen molar-refractivity contribution >= 4 is 16.2 Å². The van der Waals surface area contributed by atoms with Crippen LogP contribution in [-0.4, -0.2) is 28.9 Å². The Morgan fingerprint density at radius 1 is 0.903 bits per heavy atom. The summed E-state index contributed by atoms with van der Waals surface area (Å²) in [6.45, 7) is 2.42. The zero-order valence-electron chi connectivity index (χ0n) is 17.5. The van der Waals surface area contributed by atoms with Gasteiger partial charge >= 0.3 is 0 Å². The Bertz CT molecular complexity index is 1180. The maximum absolute atomic E-state index is 12.6. The Morgan fingerprint density at radius 2 is 1.68 bits per heavy atom. The van der Waals surface area contributed by atoms with Crippen LogP contribution in [0.1, 0.15) is 16.7 Å². The minimum Gasteiger partial charge on any atom is -0.493 e. The molecule has 0 radical (unpaired) electrons. The fraction of sp³-hybridized carbons (Fsp3) is 0.174. The van der Waals surface area contributed by atoms with Crippen molar-refractivity contribution in [1.29, 1.82) is 0 Å². The minimum atomic E-state index is -3.89. The van der Waals surface area contributed by atoms with E-state index in [0.29, 0.717) is 29.4 Å². The predicted octanol–water partition coefficient (Wildman–Crippen LogP) is 3.90. The zero-order chi connectivity index (χ0) is 22.3. The van der Waals surface area contributed by atoms with Crippen LogP contribution in [0.3, 0.4) is 0 Å². The molecule has 0 amide bonds. The number of sulfonamides is 1. The molecule has 3 rings (SSSR count). The van der Waals surface area contributed by atoms with Crippen LogP contribution < -0.4 is 19.0 Å². The minimum absolute atomic E-state index is 0.00582. The highest BCUT2D eigenvalue weighted by atomic mass is 32.2. The van der Waals surface area contributed by atoms with E-state index in [0.717, 1.165) is 11.1 Å². The highest BCUT2D eigenvalue weighted by Gasteiger charge is 2.16. The summed E-state index contributed by atoms with van der Waals surface area (Å²) in [5.41, 5.74) is 2.84. The number of aryl methyl sites for hydroxylation is 1. The molecule has 0 spiro atoms. The molecule has 0 aliphatic carbocycles. The van der Waals surface area contributed by atoms with Gasteiger partial charge in [0.05, 0.1) is 25.3 Å². The number of benzene rings is 3. The fourth-order valence-electron chi connectivity index (χ4n) is 2.88. The van der Waals surface area contributed by atoms with Gasteiger partial charge in [0.25, 0.3) is 10.0 Å². The van der Waals surface area contributed by atoms with Crippen LogP contribution in [0.5, 0.6) is 17.2 Å². The number of rotatable bonds is 9. The topological polar surface area (TPSA) is 86.2 Å². The van der Waals surface area contributed by atoms with Crippen molar-refractivity contribution in [3.63, 3.8) is 0 Å². The largest absolute Gasteiger partial charge is 0.493 e. The van der Waals surface area contributed by atoms with E-state index >= 15 is 0 Å². The summed E-state index contributed by atoms with van der Waals surface area (Å²) in [5.74, 6) is 1.34. The highest BCUT2D eigenvalue weighted by molar-refractivity contribution is 7.89. The molecule has 0 atom stereocenters. The molecule has 0 saturated heterocycles. The lowest BCUT2D eigenvalue weighted by atomic mass is 10.1. The first-order valence-electron chi connectivity index (χ1n) is 9.47. The van der Waals surface area contributed by atoms with Crippen molar-refractivity contribution in [3.05, 3.63) is 83.4 Å². The Balaban J connectivity index is 1.72. The molecule has 0 fully saturated rings. The van der Waals surface area contributed by atoms with Crippen molar-refractivity contribution < 1.29 is 22.6 Å². The Morgan fingerprint density at radius 3 is 2.42 bits per heavy atom. The van der Waals surface area contributed by atoms with E-state index in [4.69, 9.17) is 14.2 Å². The monoisotopic (exact) mass is 440 g/mol. The summed E-state index contributed by atoms with van der Waals surface area (Å²) >= 11 is 0. The molecule has 3 aromatic rings. The van der Waals surface area contributed by atoms with Gasteiger partial charge in [-0.1, -0.05) is 42.0 Å². The van der Waals surface area contributed by atoms with E-state index in [2.05, 4.69) is 9.93 Å². The molecule has 3 aromatic carbocycles. The average Bonchev–Trinajstić information content (AvgIpc) is 2.78. The lowest BCUT2D eigenvalue weighted by Gasteiger charge is -2.10. The van der Waals surface area contributed by atoms with Gasteiger partial charge in [-0.05, 0) is 36.8 Å². The highest BCUT2D eigenvalue weighted by Crippen LogP contribution is 2.29. The number of ether oxygens (including phenoxy) is 3. The first-order valence-corrected chi connectivity index (χ1v) is 11.0. The number of hydrogen-bond acceptors (Lipinski definition) is 6. The molecule has 0 aromatic heterocycles. The lowest BCUT2D eigenvalue weighted by Crippen LogP contribution is -2.18. The van der Waals surface area contributed by atoms with Gasteiger partial charge in [-0.25, -0.2) is 4.83 Å². The molecule has 0 aliphatic heterocycles. The summed E-state index contributed by atoms with van der Waals surface area (Å²) in [4.78, 5) is 2.22. The summed E-state index contributed by atoms with van der Waals surface area (Å²) < 4.78 is 41.3. The number of para-hydroxylation sites is 1. The van der Waals surface area contributed by atoms with Gasteiger partial charge in [0.15, 0.2) is 11.5 Å². The van der Waals surface area contributed by atoms with Crippen molar-refractivity contribution in [2.45, 2.75) is 18.4 Å². The van der Waals surface area contributed by atoms with Crippen LogP contribution in [0.25, 0.3) is 0 Å². The van der Waals surface area contributed by atoms with Crippen molar-refractivity contribution in [1.82, 2.24) is 4.83 Å². The molecule has 8 heteroatoms. The van der Waals surface area contributed by atoms with Gasteiger partial charge in [0.1, 0.15) is 12.4 Å². The van der Waals surface area contributed by atoms with Gasteiger partial charge in [0, 0.05) is 11.6 Å². The molecule has 0 aliphatic rings. The summed E-state index contributed by atoms with van der Waals surface area (Å²) in [6.07, 6.45) is 1.41. The summed E-state index contributed by atoms with van der Waals surface area (Å²) in [5, 5.41) is 3.90. The Kier molecular flexibility index (Phi) is 7.15. The van der Waals surface area contributed by atoms with Gasteiger partial charge in [-0.15, -0.1) is 0 Å².